The highest BCUT2D eigenvalue weighted by Crippen LogP contribution is 2.23. The van der Waals surface area contributed by atoms with Gasteiger partial charge in [-0.3, -0.25) is 9.59 Å². The third kappa shape index (κ3) is 5.32. The van der Waals surface area contributed by atoms with Crippen molar-refractivity contribution in [1.82, 2.24) is 5.32 Å². The van der Waals surface area contributed by atoms with Crippen LogP contribution in [-0.2, 0) is 19.1 Å². The van der Waals surface area contributed by atoms with Crippen molar-refractivity contribution in [1.29, 1.82) is 0 Å². The van der Waals surface area contributed by atoms with Gasteiger partial charge in [0.25, 0.3) is 5.91 Å². The van der Waals surface area contributed by atoms with Crippen LogP contribution in [0.25, 0.3) is 16.8 Å². The molecule has 0 spiro atoms. The number of carbonyl (C=O) groups excluding carboxylic acids is 3. The molecule has 2 amide bonds. The number of benzene rings is 3. The summed E-state index contributed by atoms with van der Waals surface area (Å²) >= 11 is 0. The Kier molecular flexibility index (Phi) is 6.60. The summed E-state index contributed by atoms with van der Waals surface area (Å²) in [6.07, 6.45) is 0.434. The first kappa shape index (κ1) is 20.8. The Hall–Kier alpha value is -3.93. The van der Waals surface area contributed by atoms with Gasteiger partial charge in [-0.2, -0.15) is 0 Å². The van der Waals surface area contributed by atoms with E-state index in [1.807, 2.05) is 54.6 Å². The Bertz CT molecular complexity index is 1100. The molecule has 0 unspecified atom stereocenters. The molecule has 152 valence electrons. The highest BCUT2D eigenvalue weighted by Gasteiger charge is 2.22. The number of hydrogen-bond donors (Lipinski definition) is 2. The Labute approximate surface area is 174 Å². The smallest absolute Gasteiger partial charge is 0.355 e. The minimum Gasteiger partial charge on any atom is -0.448 e. The second-order valence-corrected chi connectivity index (χ2v) is 6.71. The van der Waals surface area contributed by atoms with Crippen LogP contribution in [0.15, 0.2) is 78.5 Å². The monoisotopic (exact) mass is 402 g/mol. The van der Waals surface area contributed by atoms with Gasteiger partial charge in [-0.1, -0.05) is 66.7 Å². The van der Waals surface area contributed by atoms with E-state index in [1.54, 1.807) is 18.2 Å². The van der Waals surface area contributed by atoms with Crippen LogP contribution in [0, 0.1) is 0 Å². The van der Waals surface area contributed by atoms with E-state index in [0.29, 0.717) is 11.3 Å². The predicted octanol–water partition coefficient (Wildman–Crippen LogP) is 3.89. The van der Waals surface area contributed by atoms with Crippen LogP contribution in [0.4, 0.5) is 5.69 Å². The van der Waals surface area contributed by atoms with Crippen molar-refractivity contribution in [2.75, 3.05) is 5.32 Å². The lowest BCUT2D eigenvalue weighted by atomic mass is 10.1. The molecule has 0 fully saturated rings. The number of rotatable bonds is 6. The molecule has 0 aromatic heterocycles. The average molecular weight is 402 g/mol. The van der Waals surface area contributed by atoms with Crippen molar-refractivity contribution < 1.29 is 19.1 Å². The molecular weight excluding hydrogens is 380 g/mol. The molecule has 30 heavy (non-hydrogen) atoms. The Balaban J connectivity index is 1.73. The SMILES string of the molecule is CC(=O)N/C(=C\c1ccccc1)C(=O)O[C@@H](C)C(=O)Nc1cccc2ccccc12. The fraction of sp³-hybridized carbons (Fsp3) is 0.125. The first-order valence-corrected chi connectivity index (χ1v) is 9.48. The maximum Gasteiger partial charge on any atom is 0.355 e. The molecule has 6 heteroatoms. The number of ether oxygens (including phenoxy) is 1. The van der Waals surface area contributed by atoms with E-state index in [-0.39, 0.29) is 5.70 Å². The molecule has 3 rings (SSSR count). The number of amides is 2. The maximum absolute atomic E-state index is 12.6. The van der Waals surface area contributed by atoms with Gasteiger partial charge < -0.3 is 15.4 Å². The second-order valence-electron chi connectivity index (χ2n) is 6.71. The van der Waals surface area contributed by atoms with Crippen molar-refractivity contribution in [2.45, 2.75) is 20.0 Å². The van der Waals surface area contributed by atoms with Gasteiger partial charge in [0.15, 0.2) is 6.10 Å². The number of nitrogens with one attached hydrogen (secondary N) is 2. The highest BCUT2D eigenvalue weighted by atomic mass is 16.5. The molecule has 3 aromatic carbocycles. The first-order chi connectivity index (χ1) is 14.4. The third-order valence-corrected chi connectivity index (χ3v) is 4.34. The summed E-state index contributed by atoms with van der Waals surface area (Å²) in [5, 5.41) is 7.13. The maximum atomic E-state index is 12.6. The minimum atomic E-state index is -1.07. The van der Waals surface area contributed by atoms with Crippen molar-refractivity contribution in [3.63, 3.8) is 0 Å². The molecule has 0 saturated carbocycles. The number of fused-ring (bicyclic) bond motifs is 1. The molecule has 2 N–H and O–H groups in total. The zero-order valence-corrected chi connectivity index (χ0v) is 16.7. The molecule has 0 aliphatic rings. The fourth-order valence-corrected chi connectivity index (χ4v) is 2.90. The van der Waals surface area contributed by atoms with E-state index in [1.165, 1.54) is 19.9 Å². The van der Waals surface area contributed by atoms with Crippen molar-refractivity contribution >= 4 is 40.3 Å². The summed E-state index contributed by atoms with van der Waals surface area (Å²) in [6.45, 7) is 2.77. The summed E-state index contributed by atoms with van der Waals surface area (Å²) in [5.74, 6) is -1.68. The number of anilines is 1. The molecule has 3 aromatic rings. The van der Waals surface area contributed by atoms with Crippen LogP contribution >= 0.6 is 0 Å². The van der Waals surface area contributed by atoms with Crippen LogP contribution < -0.4 is 10.6 Å². The number of esters is 1. The fourth-order valence-electron chi connectivity index (χ4n) is 2.90. The van der Waals surface area contributed by atoms with Crippen molar-refractivity contribution in [3.05, 3.63) is 84.1 Å². The van der Waals surface area contributed by atoms with Crippen LogP contribution in [0.1, 0.15) is 19.4 Å². The van der Waals surface area contributed by atoms with E-state index in [9.17, 15) is 14.4 Å². The van der Waals surface area contributed by atoms with Gasteiger partial charge in [-0.15, -0.1) is 0 Å². The standard InChI is InChI=1S/C24H22N2O4/c1-16(23(28)26-21-14-8-12-19-11-6-7-13-20(19)21)30-24(29)22(25-17(2)27)15-18-9-4-3-5-10-18/h3-16H,1-2H3,(H,25,27)(H,26,28)/b22-15-/t16-/m0/s1. The van der Waals surface area contributed by atoms with Crippen LogP contribution in [0.3, 0.4) is 0 Å². The zero-order chi connectivity index (χ0) is 21.5. The van der Waals surface area contributed by atoms with E-state index in [4.69, 9.17) is 4.74 Å². The summed E-state index contributed by atoms with van der Waals surface area (Å²) in [6, 6.07) is 22.2. The average Bonchev–Trinajstić information content (AvgIpc) is 2.74. The quantitative estimate of drug-likeness (QED) is 0.484. The molecule has 0 radical (unpaired) electrons. The number of hydrogen-bond acceptors (Lipinski definition) is 4. The van der Waals surface area contributed by atoms with Crippen molar-refractivity contribution in [3.8, 4) is 0 Å². The minimum absolute atomic E-state index is 0.0430. The van der Waals surface area contributed by atoms with Crippen LogP contribution in [-0.4, -0.2) is 23.9 Å². The zero-order valence-electron chi connectivity index (χ0n) is 16.7. The normalized spacial score (nSPS) is 12.1. The van der Waals surface area contributed by atoms with E-state index in [0.717, 1.165) is 10.8 Å². The van der Waals surface area contributed by atoms with E-state index < -0.39 is 23.9 Å². The van der Waals surface area contributed by atoms with E-state index >= 15 is 0 Å². The topological polar surface area (TPSA) is 84.5 Å². The van der Waals surface area contributed by atoms with Crippen LogP contribution in [0.2, 0.25) is 0 Å². The molecule has 1 atom stereocenters. The predicted molar refractivity (Wildman–Crippen MR) is 116 cm³/mol. The summed E-state index contributed by atoms with van der Waals surface area (Å²) in [7, 11) is 0. The van der Waals surface area contributed by atoms with Gasteiger partial charge in [0, 0.05) is 18.0 Å². The van der Waals surface area contributed by atoms with Crippen molar-refractivity contribution in [2.24, 2.45) is 0 Å². The van der Waals surface area contributed by atoms with Gasteiger partial charge in [0.05, 0.1) is 0 Å². The second kappa shape index (κ2) is 9.52. The van der Waals surface area contributed by atoms with Gasteiger partial charge in [-0.25, -0.2) is 4.79 Å². The molecular formula is C24H22N2O4. The summed E-state index contributed by atoms with van der Waals surface area (Å²) < 4.78 is 5.30. The van der Waals surface area contributed by atoms with Gasteiger partial charge in [0.2, 0.25) is 5.91 Å². The molecule has 0 heterocycles. The lowest BCUT2D eigenvalue weighted by Gasteiger charge is -2.16. The van der Waals surface area contributed by atoms with Gasteiger partial charge >= 0.3 is 5.97 Å². The van der Waals surface area contributed by atoms with Gasteiger partial charge in [0.1, 0.15) is 5.70 Å². The largest absolute Gasteiger partial charge is 0.448 e. The molecule has 0 aliphatic heterocycles. The third-order valence-electron chi connectivity index (χ3n) is 4.34. The summed E-state index contributed by atoms with van der Waals surface area (Å²) in [5.41, 5.74) is 1.30. The Morgan fingerprint density at radius 3 is 2.30 bits per heavy atom. The Morgan fingerprint density at radius 1 is 0.900 bits per heavy atom. The van der Waals surface area contributed by atoms with E-state index in [2.05, 4.69) is 10.6 Å². The van der Waals surface area contributed by atoms with Gasteiger partial charge in [-0.05, 0) is 30.0 Å². The van der Waals surface area contributed by atoms with Crippen LogP contribution in [0.5, 0.6) is 0 Å². The molecule has 0 saturated heterocycles. The lowest BCUT2D eigenvalue weighted by molar-refractivity contribution is -0.149. The number of carbonyl (C=O) groups is 3. The molecule has 0 aliphatic carbocycles. The lowest BCUT2D eigenvalue weighted by Crippen LogP contribution is -2.33. The molecule has 6 nitrogen and oxygen atoms in total. The Morgan fingerprint density at radius 2 is 1.57 bits per heavy atom. The molecule has 0 bridgehead atoms. The summed E-state index contributed by atoms with van der Waals surface area (Å²) in [4.78, 5) is 36.7. The first-order valence-electron chi connectivity index (χ1n) is 9.48. The highest BCUT2D eigenvalue weighted by molar-refractivity contribution is 6.05.